The molecule has 1 heterocycles. The van der Waals surface area contributed by atoms with Gasteiger partial charge < -0.3 is 10.2 Å². The van der Waals surface area contributed by atoms with Crippen LogP contribution in [-0.4, -0.2) is 18.4 Å². The first kappa shape index (κ1) is 17.3. The summed E-state index contributed by atoms with van der Waals surface area (Å²) >= 11 is 12.3. The molecule has 126 valence electrons. The molecule has 0 saturated carbocycles. The fourth-order valence-corrected chi connectivity index (χ4v) is 3.32. The molecule has 7 heteroatoms. The van der Waals surface area contributed by atoms with Crippen LogP contribution in [0.15, 0.2) is 42.5 Å². The van der Waals surface area contributed by atoms with Crippen molar-refractivity contribution in [2.45, 2.75) is 6.42 Å². The molecule has 1 atom stereocenters. The van der Waals surface area contributed by atoms with E-state index in [0.29, 0.717) is 27.0 Å². The Kier molecular flexibility index (Phi) is 4.93. The van der Waals surface area contributed by atoms with Crippen LogP contribution in [0.4, 0.5) is 11.4 Å². The molecule has 0 radical (unpaired) electrons. The van der Waals surface area contributed by atoms with Crippen molar-refractivity contribution in [2.75, 3.05) is 16.8 Å². The molecule has 1 aliphatic heterocycles. The second-order valence-corrected chi connectivity index (χ2v) is 6.47. The normalized spacial score (nSPS) is 16.6. The van der Waals surface area contributed by atoms with E-state index in [9.17, 15) is 9.59 Å². The Labute approximate surface area is 154 Å². The second kappa shape index (κ2) is 7.14. The standard InChI is InChI=1S/C18H13Cl2N3O2/c19-14-2-1-3-15(20)17(14)23-10-12(8-16(23)24)18(25)22-13-6-4-11(9-21)5-7-13/h1-7,12H,8,10H2,(H,22,25). The molecular weight excluding hydrogens is 361 g/mol. The van der Waals surface area contributed by atoms with Crippen molar-refractivity contribution >= 4 is 46.4 Å². The van der Waals surface area contributed by atoms with Crippen LogP contribution in [-0.2, 0) is 9.59 Å². The molecule has 0 aliphatic carbocycles. The van der Waals surface area contributed by atoms with Crippen LogP contribution in [0.2, 0.25) is 10.0 Å². The summed E-state index contributed by atoms with van der Waals surface area (Å²) < 4.78 is 0. The average Bonchev–Trinajstić information content (AvgIpc) is 2.97. The number of benzene rings is 2. The van der Waals surface area contributed by atoms with E-state index in [1.54, 1.807) is 42.5 Å². The van der Waals surface area contributed by atoms with Gasteiger partial charge in [-0.05, 0) is 36.4 Å². The van der Waals surface area contributed by atoms with Crippen LogP contribution < -0.4 is 10.2 Å². The summed E-state index contributed by atoms with van der Waals surface area (Å²) in [7, 11) is 0. The zero-order chi connectivity index (χ0) is 18.0. The van der Waals surface area contributed by atoms with Gasteiger partial charge in [-0.1, -0.05) is 29.3 Å². The summed E-state index contributed by atoms with van der Waals surface area (Å²) in [4.78, 5) is 26.2. The maximum atomic E-state index is 12.4. The number of halogens is 2. The number of carbonyl (C=O) groups excluding carboxylic acids is 2. The van der Waals surface area contributed by atoms with Crippen LogP contribution in [0.5, 0.6) is 0 Å². The van der Waals surface area contributed by atoms with Crippen molar-refractivity contribution in [3.8, 4) is 6.07 Å². The summed E-state index contributed by atoms with van der Waals surface area (Å²) in [5.74, 6) is -0.964. The zero-order valence-corrected chi connectivity index (χ0v) is 14.5. The fourth-order valence-electron chi connectivity index (χ4n) is 2.72. The second-order valence-electron chi connectivity index (χ2n) is 5.65. The number of nitrogens with one attached hydrogen (secondary N) is 1. The van der Waals surface area contributed by atoms with Crippen molar-refractivity contribution in [1.29, 1.82) is 5.26 Å². The Morgan fingerprint density at radius 2 is 1.80 bits per heavy atom. The molecule has 0 aromatic heterocycles. The van der Waals surface area contributed by atoms with Gasteiger partial charge in [0.05, 0.1) is 33.3 Å². The molecule has 1 N–H and O–H groups in total. The van der Waals surface area contributed by atoms with Gasteiger partial charge in [0.15, 0.2) is 0 Å². The predicted octanol–water partition coefficient (Wildman–Crippen LogP) is 3.86. The van der Waals surface area contributed by atoms with Gasteiger partial charge in [0, 0.05) is 18.7 Å². The predicted molar refractivity (Wildman–Crippen MR) is 96.7 cm³/mol. The van der Waals surface area contributed by atoms with Crippen molar-refractivity contribution < 1.29 is 9.59 Å². The van der Waals surface area contributed by atoms with Gasteiger partial charge in [-0.2, -0.15) is 5.26 Å². The Balaban J connectivity index is 1.73. The fraction of sp³-hybridized carbons (Fsp3) is 0.167. The first-order valence-electron chi connectivity index (χ1n) is 7.55. The molecule has 1 aliphatic rings. The molecule has 25 heavy (non-hydrogen) atoms. The van der Waals surface area contributed by atoms with Gasteiger partial charge in [0.2, 0.25) is 11.8 Å². The van der Waals surface area contributed by atoms with Gasteiger partial charge in [-0.15, -0.1) is 0 Å². The SMILES string of the molecule is N#Cc1ccc(NC(=O)C2CC(=O)N(c3c(Cl)cccc3Cl)C2)cc1. The third-order valence-electron chi connectivity index (χ3n) is 3.98. The quantitative estimate of drug-likeness (QED) is 0.887. The summed E-state index contributed by atoms with van der Waals surface area (Å²) in [6.07, 6.45) is 0.0870. The highest BCUT2D eigenvalue weighted by Crippen LogP contribution is 2.37. The smallest absolute Gasteiger partial charge is 0.229 e. The number of anilines is 2. The van der Waals surface area contributed by atoms with E-state index in [1.165, 1.54) is 4.90 Å². The van der Waals surface area contributed by atoms with E-state index in [4.69, 9.17) is 28.5 Å². The van der Waals surface area contributed by atoms with E-state index in [-0.39, 0.29) is 24.8 Å². The summed E-state index contributed by atoms with van der Waals surface area (Å²) in [6.45, 7) is 0.213. The molecule has 1 saturated heterocycles. The van der Waals surface area contributed by atoms with Crippen molar-refractivity contribution in [2.24, 2.45) is 5.92 Å². The first-order chi connectivity index (χ1) is 12.0. The number of para-hydroxylation sites is 1. The zero-order valence-electron chi connectivity index (χ0n) is 13.0. The maximum Gasteiger partial charge on any atom is 0.229 e. The Morgan fingerprint density at radius 3 is 2.40 bits per heavy atom. The Bertz CT molecular complexity index is 855. The minimum absolute atomic E-state index is 0.0870. The Hall–Kier alpha value is -2.55. The molecule has 2 aromatic rings. The van der Waals surface area contributed by atoms with Crippen molar-refractivity contribution in [3.05, 3.63) is 58.1 Å². The average molecular weight is 374 g/mol. The molecule has 1 unspecified atom stereocenters. The van der Waals surface area contributed by atoms with Crippen LogP contribution in [0, 0.1) is 17.2 Å². The lowest BCUT2D eigenvalue weighted by Crippen LogP contribution is -2.28. The third-order valence-corrected chi connectivity index (χ3v) is 4.59. The highest BCUT2D eigenvalue weighted by Gasteiger charge is 2.36. The largest absolute Gasteiger partial charge is 0.326 e. The van der Waals surface area contributed by atoms with E-state index in [0.717, 1.165) is 0 Å². The van der Waals surface area contributed by atoms with E-state index >= 15 is 0 Å². The molecule has 2 amide bonds. The van der Waals surface area contributed by atoms with Gasteiger partial charge in [-0.25, -0.2) is 0 Å². The number of amides is 2. The minimum Gasteiger partial charge on any atom is -0.326 e. The number of hydrogen-bond donors (Lipinski definition) is 1. The summed E-state index contributed by atoms with van der Waals surface area (Å²) in [5.41, 5.74) is 1.52. The monoisotopic (exact) mass is 373 g/mol. The van der Waals surface area contributed by atoms with Gasteiger partial charge in [0.25, 0.3) is 0 Å². The van der Waals surface area contributed by atoms with Gasteiger partial charge >= 0.3 is 0 Å². The van der Waals surface area contributed by atoms with Crippen LogP contribution >= 0.6 is 23.2 Å². The summed E-state index contributed by atoms with van der Waals surface area (Å²) in [6, 6.07) is 13.5. The first-order valence-corrected chi connectivity index (χ1v) is 8.30. The lowest BCUT2D eigenvalue weighted by atomic mass is 10.1. The van der Waals surface area contributed by atoms with E-state index in [1.807, 2.05) is 6.07 Å². The number of carbonyl (C=O) groups is 2. The molecular formula is C18H13Cl2N3O2. The molecule has 0 spiro atoms. The Morgan fingerprint density at radius 1 is 1.16 bits per heavy atom. The topological polar surface area (TPSA) is 73.2 Å². The number of nitrogens with zero attached hydrogens (tertiary/aromatic N) is 2. The van der Waals surface area contributed by atoms with Crippen LogP contribution in [0.1, 0.15) is 12.0 Å². The van der Waals surface area contributed by atoms with Gasteiger partial charge in [0.1, 0.15) is 0 Å². The van der Waals surface area contributed by atoms with Crippen LogP contribution in [0.3, 0.4) is 0 Å². The number of hydrogen-bond acceptors (Lipinski definition) is 3. The molecule has 5 nitrogen and oxygen atoms in total. The number of nitriles is 1. The molecule has 1 fully saturated rings. The lowest BCUT2D eigenvalue weighted by molar-refractivity contribution is -0.122. The van der Waals surface area contributed by atoms with E-state index < -0.39 is 5.92 Å². The maximum absolute atomic E-state index is 12.4. The number of rotatable bonds is 3. The van der Waals surface area contributed by atoms with Crippen molar-refractivity contribution in [3.63, 3.8) is 0 Å². The highest BCUT2D eigenvalue weighted by molar-refractivity contribution is 6.40. The molecule has 3 rings (SSSR count). The minimum atomic E-state index is -0.504. The molecule has 0 bridgehead atoms. The third kappa shape index (κ3) is 3.60. The van der Waals surface area contributed by atoms with Crippen molar-refractivity contribution in [1.82, 2.24) is 0 Å². The molecule has 2 aromatic carbocycles. The highest BCUT2D eigenvalue weighted by atomic mass is 35.5. The summed E-state index contributed by atoms with van der Waals surface area (Å²) in [5, 5.41) is 12.3. The van der Waals surface area contributed by atoms with Crippen LogP contribution in [0.25, 0.3) is 0 Å². The van der Waals surface area contributed by atoms with Gasteiger partial charge in [-0.3, -0.25) is 9.59 Å². The van der Waals surface area contributed by atoms with E-state index in [2.05, 4.69) is 5.32 Å². The lowest BCUT2D eigenvalue weighted by Gasteiger charge is -2.19.